The molecule has 6 heteroatoms. The quantitative estimate of drug-likeness (QED) is 0.423. The first kappa shape index (κ1) is 13.8. The fraction of sp³-hybridized carbons (Fsp3) is 0.300. The van der Waals surface area contributed by atoms with Gasteiger partial charge in [0.25, 0.3) is 0 Å². The summed E-state index contributed by atoms with van der Waals surface area (Å²) in [5, 5.41) is 0.543. The molecular formula is C10H8BrF2IO2. The first-order valence-corrected chi connectivity index (χ1v) is 6.58. The van der Waals surface area contributed by atoms with Crippen LogP contribution in [0.4, 0.5) is 8.78 Å². The van der Waals surface area contributed by atoms with Crippen LogP contribution < -0.4 is 4.74 Å². The molecular weight excluding hydrogens is 397 g/mol. The number of alkyl halides is 3. The molecule has 0 aromatic heterocycles. The van der Waals surface area contributed by atoms with Crippen molar-refractivity contribution in [2.24, 2.45) is 0 Å². The van der Waals surface area contributed by atoms with Gasteiger partial charge in [-0.05, 0) is 28.7 Å². The van der Waals surface area contributed by atoms with Crippen LogP contribution in [0.2, 0.25) is 0 Å². The van der Waals surface area contributed by atoms with Gasteiger partial charge in [0.2, 0.25) is 0 Å². The van der Waals surface area contributed by atoms with Gasteiger partial charge in [0.1, 0.15) is 5.75 Å². The summed E-state index contributed by atoms with van der Waals surface area (Å²) >= 11 is 4.99. The van der Waals surface area contributed by atoms with Crippen molar-refractivity contribution in [1.82, 2.24) is 0 Å². The maximum atomic E-state index is 12.1. The van der Waals surface area contributed by atoms with Crippen molar-refractivity contribution in [2.45, 2.75) is 13.0 Å². The van der Waals surface area contributed by atoms with Crippen molar-refractivity contribution in [2.75, 3.05) is 5.33 Å². The lowest BCUT2D eigenvalue weighted by molar-refractivity contribution is -0.0504. The SMILES string of the molecule is O=C(CCBr)c1cccc(OC(F)F)c1I. The van der Waals surface area contributed by atoms with E-state index in [-0.39, 0.29) is 11.5 Å². The van der Waals surface area contributed by atoms with Gasteiger partial charge in [-0.2, -0.15) is 8.78 Å². The minimum atomic E-state index is -2.88. The Balaban J connectivity index is 2.99. The summed E-state index contributed by atoms with van der Waals surface area (Å²) in [6, 6.07) is 4.55. The van der Waals surface area contributed by atoms with Gasteiger partial charge in [0, 0.05) is 17.3 Å². The van der Waals surface area contributed by atoms with Gasteiger partial charge in [-0.1, -0.05) is 28.1 Å². The molecule has 0 fully saturated rings. The van der Waals surface area contributed by atoms with Crippen LogP contribution in [0.25, 0.3) is 0 Å². The number of ether oxygens (including phenoxy) is 1. The molecule has 1 aromatic rings. The average molecular weight is 405 g/mol. The van der Waals surface area contributed by atoms with E-state index < -0.39 is 6.61 Å². The summed E-state index contributed by atoms with van der Waals surface area (Å²) in [5.74, 6) is -0.0583. The number of halogens is 4. The van der Waals surface area contributed by atoms with E-state index >= 15 is 0 Å². The number of hydrogen-bond acceptors (Lipinski definition) is 2. The molecule has 88 valence electrons. The number of hydrogen-bond donors (Lipinski definition) is 0. The largest absolute Gasteiger partial charge is 0.434 e. The number of benzene rings is 1. The Morgan fingerprint density at radius 1 is 1.50 bits per heavy atom. The zero-order chi connectivity index (χ0) is 12.1. The van der Waals surface area contributed by atoms with Gasteiger partial charge < -0.3 is 4.74 Å². The van der Waals surface area contributed by atoms with Crippen LogP contribution in [-0.4, -0.2) is 17.7 Å². The predicted molar refractivity (Wildman–Crippen MR) is 68.5 cm³/mol. The van der Waals surface area contributed by atoms with Crippen LogP contribution in [0, 0.1) is 3.57 Å². The van der Waals surface area contributed by atoms with Crippen LogP contribution in [0.15, 0.2) is 18.2 Å². The predicted octanol–water partition coefficient (Wildman–Crippen LogP) is 3.86. The molecule has 1 rings (SSSR count). The number of carbonyl (C=O) groups excluding carboxylic acids is 1. The van der Waals surface area contributed by atoms with Gasteiger partial charge in [0.05, 0.1) is 3.57 Å². The fourth-order valence-corrected chi connectivity index (χ4v) is 2.28. The van der Waals surface area contributed by atoms with Crippen LogP contribution in [0.5, 0.6) is 5.75 Å². The molecule has 0 atom stereocenters. The third-order valence-corrected chi connectivity index (χ3v) is 3.31. The van der Waals surface area contributed by atoms with Crippen molar-refractivity contribution in [1.29, 1.82) is 0 Å². The summed E-state index contributed by atoms with van der Waals surface area (Å²) < 4.78 is 28.9. The zero-order valence-corrected chi connectivity index (χ0v) is 11.8. The lowest BCUT2D eigenvalue weighted by atomic mass is 10.1. The third-order valence-electron chi connectivity index (χ3n) is 1.80. The van der Waals surface area contributed by atoms with E-state index in [2.05, 4.69) is 20.7 Å². The highest BCUT2D eigenvalue weighted by Gasteiger charge is 2.15. The van der Waals surface area contributed by atoms with Crippen molar-refractivity contribution >= 4 is 44.3 Å². The fourth-order valence-electron chi connectivity index (χ4n) is 1.13. The van der Waals surface area contributed by atoms with E-state index in [1.165, 1.54) is 12.1 Å². The van der Waals surface area contributed by atoms with Crippen molar-refractivity contribution in [3.8, 4) is 5.75 Å². The minimum Gasteiger partial charge on any atom is -0.434 e. The highest BCUT2D eigenvalue weighted by Crippen LogP contribution is 2.26. The molecule has 0 bridgehead atoms. The Labute approximate surface area is 114 Å². The van der Waals surface area contributed by atoms with E-state index in [9.17, 15) is 13.6 Å². The molecule has 0 aliphatic carbocycles. The molecule has 1 aromatic carbocycles. The lowest BCUT2D eigenvalue weighted by Gasteiger charge is -2.09. The highest BCUT2D eigenvalue weighted by molar-refractivity contribution is 14.1. The molecule has 0 heterocycles. The second kappa shape index (κ2) is 6.48. The van der Waals surface area contributed by atoms with E-state index in [1.54, 1.807) is 6.07 Å². The van der Waals surface area contributed by atoms with Crippen molar-refractivity contribution in [3.63, 3.8) is 0 Å². The summed E-state index contributed by atoms with van der Waals surface area (Å²) in [6.45, 7) is -2.88. The van der Waals surface area contributed by atoms with Crippen LogP contribution in [0.3, 0.4) is 0 Å². The second-order valence-electron chi connectivity index (χ2n) is 2.86. The molecule has 16 heavy (non-hydrogen) atoms. The molecule has 0 amide bonds. The van der Waals surface area contributed by atoms with E-state index in [0.29, 0.717) is 20.9 Å². The van der Waals surface area contributed by atoms with Crippen molar-refractivity contribution in [3.05, 3.63) is 27.3 Å². The Hall–Kier alpha value is -0.240. The van der Waals surface area contributed by atoms with E-state index in [0.717, 1.165) is 0 Å². The molecule has 0 unspecified atom stereocenters. The van der Waals surface area contributed by atoms with E-state index in [1.807, 2.05) is 22.6 Å². The van der Waals surface area contributed by atoms with Gasteiger partial charge >= 0.3 is 6.61 Å². The highest BCUT2D eigenvalue weighted by atomic mass is 127. The zero-order valence-electron chi connectivity index (χ0n) is 8.05. The molecule has 0 N–H and O–H groups in total. The normalized spacial score (nSPS) is 10.6. The van der Waals surface area contributed by atoms with E-state index in [4.69, 9.17) is 0 Å². The molecule has 0 radical (unpaired) electrons. The maximum Gasteiger partial charge on any atom is 0.387 e. The number of rotatable bonds is 5. The molecule has 0 saturated carbocycles. The average Bonchev–Trinajstić information content (AvgIpc) is 2.21. The Morgan fingerprint density at radius 3 is 2.75 bits per heavy atom. The maximum absolute atomic E-state index is 12.1. The molecule has 0 saturated heterocycles. The van der Waals surface area contributed by atoms with Crippen LogP contribution >= 0.6 is 38.5 Å². The summed E-state index contributed by atoms with van der Waals surface area (Å²) in [4.78, 5) is 11.6. The van der Waals surface area contributed by atoms with Gasteiger partial charge in [-0.3, -0.25) is 4.79 Å². The minimum absolute atomic E-state index is 0.0380. The summed E-state index contributed by atoms with van der Waals surface area (Å²) in [5.41, 5.74) is 0.415. The van der Waals surface area contributed by atoms with Crippen molar-refractivity contribution < 1.29 is 18.3 Å². The van der Waals surface area contributed by atoms with Crippen LogP contribution in [-0.2, 0) is 0 Å². The Bertz CT molecular complexity index is 385. The third kappa shape index (κ3) is 3.65. The summed E-state index contributed by atoms with van der Waals surface area (Å²) in [6.07, 6.45) is 0.328. The monoisotopic (exact) mass is 404 g/mol. The molecule has 0 spiro atoms. The second-order valence-corrected chi connectivity index (χ2v) is 4.73. The molecule has 0 aliphatic rings. The number of ketones is 1. The molecule has 2 nitrogen and oxygen atoms in total. The standard InChI is InChI=1S/C10H8BrF2IO2/c11-5-4-7(15)6-2-1-3-8(9(6)14)16-10(12)13/h1-3,10H,4-5H2. The molecule has 0 aliphatic heterocycles. The first-order chi connectivity index (χ1) is 7.56. The topological polar surface area (TPSA) is 26.3 Å². The van der Waals surface area contributed by atoms with Gasteiger partial charge in [0.15, 0.2) is 5.78 Å². The first-order valence-electron chi connectivity index (χ1n) is 4.38. The smallest absolute Gasteiger partial charge is 0.387 e. The lowest BCUT2D eigenvalue weighted by Crippen LogP contribution is -2.07. The van der Waals surface area contributed by atoms with Gasteiger partial charge in [-0.15, -0.1) is 0 Å². The summed E-state index contributed by atoms with van der Waals surface area (Å²) in [7, 11) is 0. The number of Topliss-reactive ketones (excluding diaryl/α,β-unsaturated/α-hetero) is 1. The Kier molecular flexibility index (Phi) is 5.60. The Morgan fingerprint density at radius 2 is 2.19 bits per heavy atom. The van der Waals surface area contributed by atoms with Crippen LogP contribution in [0.1, 0.15) is 16.8 Å². The van der Waals surface area contributed by atoms with Gasteiger partial charge in [-0.25, -0.2) is 0 Å². The number of carbonyl (C=O) groups is 1.